The Kier molecular flexibility index (Phi) is 11.7. The minimum Gasteiger partial charge on any atom is -0.357 e. The third kappa shape index (κ3) is 9.63. The van der Waals surface area contributed by atoms with Gasteiger partial charge in [0.05, 0.1) is 6.54 Å². The molecule has 11 heteroatoms. The van der Waals surface area contributed by atoms with E-state index in [1.807, 2.05) is 6.92 Å². The Morgan fingerprint density at radius 1 is 1.30 bits per heavy atom. The van der Waals surface area contributed by atoms with E-state index in [1.165, 1.54) is 0 Å². The predicted octanol–water partition coefficient (Wildman–Crippen LogP) is 3.20. The Bertz CT molecular complexity index is 647. The van der Waals surface area contributed by atoms with E-state index in [1.54, 1.807) is 0 Å². The first-order chi connectivity index (χ1) is 13.8. The lowest BCUT2D eigenvalue weighted by Gasteiger charge is -2.34. The lowest BCUT2D eigenvalue weighted by Crippen LogP contribution is -2.49. The first-order valence-corrected chi connectivity index (χ1v) is 10.2. The van der Waals surface area contributed by atoms with E-state index < -0.39 is 11.9 Å². The molecular formula is C19H33F3IN7. The van der Waals surface area contributed by atoms with E-state index in [9.17, 15) is 13.2 Å². The fourth-order valence-corrected chi connectivity index (χ4v) is 3.23. The molecular weight excluding hydrogens is 510 g/mol. The Morgan fingerprint density at radius 2 is 2.00 bits per heavy atom. The molecule has 0 bridgehead atoms. The van der Waals surface area contributed by atoms with E-state index in [2.05, 4.69) is 49.7 Å². The first kappa shape index (κ1) is 26.7. The number of aliphatic imine (C=N–C) groups is 1. The smallest absolute Gasteiger partial charge is 0.357 e. The highest BCUT2D eigenvalue weighted by molar-refractivity contribution is 14.0. The predicted molar refractivity (Wildman–Crippen MR) is 124 cm³/mol. The molecule has 0 unspecified atom stereocenters. The average molecular weight is 543 g/mol. The zero-order valence-corrected chi connectivity index (χ0v) is 20.1. The number of guanidine groups is 1. The molecule has 1 aromatic rings. The van der Waals surface area contributed by atoms with Crippen LogP contribution in [0.5, 0.6) is 0 Å². The van der Waals surface area contributed by atoms with Crippen LogP contribution in [-0.4, -0.2) is 66.1 Å². The summed E-state index contributed by atoms with van der Waals surface area (Å²) in [5.74, 6) is 1.35. The molecule has 30 heavy (non-hydrogen) atoms. The number of hydrogen-bond acceptors (Lipinski definition) is 5. The van der Waals surface area contributed by atoms with E-state index in [-0.39, 0.29) is 29.9 Å². The number of rotatable bonds is 8. The van der Waals surface area contributed by atoms with Gasteiger partial charge < -0.3 is 20.9 Å². The first-order valence-electron chi connectivity index (χ1n) is 10.2. The van der Waals surface area contributed by atoms with E-state index >= 15 is 0 Å². The molecule has 1 aliphatic heterocycles. The van der Waals surface area contributed by atoms with Gasteiger partial charge in [-0.1, -0.05) is 13.8 Å². The van der Waals surface area contributed by atoms with Gasteiger partial charge in [0.1, 0.15) is 5.69 Å². The molecule has 2 heterocycles. The minimum absolute atomic E-state index is 0. The van der Waals surface area contributed by atoms with Crippen LogP contribution >= 0.6 is 24.0 Å². The molecule has 0 amide bonds. The monoisotopic (exact) mass is 543 g/mol. The van der Waals surface area contributed by atoms with E-state index in [4.69, 9.17) is 0 Å². The van der Waals surface area contributed by atoms with Gasteiger partial charge in [0.25, 0.3) is 0 Å². The molecule has 1 saturated heterocycles. The van der Waals surface area contributed by atoms with Crippen molar-refractivity contribution in [3.63, 3.8) is 0 Å². The van der Waals surface area contributed by atoms with Crippen molar-refractivity contribution in [2.45, 2.75) is 45.8 Å². The van der Waals surface area contributed by atoms with Crippen LogP contribution in [0.4, 0.5) is 19.1 Å². The number of hydrogen-bond donors (Lipinski definition) is 3. The molecule has 1 aliphatic rings. The van der Waals surface area contributed by atoms with Crippen LogP contribution in [0.3, 0.4) is 0 Å². The number of halogens is 4. The van der Waals surface area contributed by atoms with Crippen LogP contribution < -0.4 is 16.0 Å². The van der Waals surface area contributed by atoms with Gasteiger partial charge in [0.15, 0.2) is 5.96 Å². The van der Waals surface area contributed by atoms with Crippen LogP contribution in [0.1, 0.15) is 39.3 Å². The lowest BCUT2D eigenvalue weighted by molar-refractivity contribution is -0.141. The lowest BCUT2D eigenvalue weighted by atomic mass is 10.0. The summed E-state index contributed by atoms with van der Waals surface area (Å²) in [5.41, 5.74) is -0.961. The normalized spacial score (nSPS) is 16.3. The highest BCUT2D eigenvalue weighted by atomic mass is 127. The fourth-order valence-electron chi connectivity index (χ4n) is 3.23. The van der Waals surface area contributed by atoms with Gasteiger partial charge in [0.2, 0.25) is 5.95 Å². The summed E-state index contributed by atoms with van der Waals surface area (Å²) in [6, 6.07) is 1.22. The highest BCUT2D eigenvalue weighted by Crippen LogP contribution is 2.27. The Labute approximate surface area is 193 Å². The Hall–Kier alpha value is -1.37. The molecule has 0 aromatic carbocycles. The van der Waals surface area contributed by atoms with Crippen LogP contribution in [-0.2, 0) is 6.18 Å². The summed E-state index contributed by atoms with van der Waals surface area (Å²) in [7, 11) is 0. The number of nitrogens with one attached hydrogen (secondary N) is 3. The number of alkyl halides is 3. The summed E-state index contributed by atoms with van der Waals surface area (Å²) in [5, 5.41) is 9.47. The topological polar surface area (TPSA) is 77.5 Å². The number of aromatic nitrogens is 2. The molecule has 172 valence electrons. The molecule has 0 aliphatic carbocycles. The van der Waals surface area contributed by atoms with Crippen LogP contribution in [0.25, 0.3) is 0 Å². The molecule has 1 aromatic heterocycles. The Morgan fingerprint density at radius 3 is 2.60 bits per heavy atom. The molecule has 7 nitrogen and oxygen atoms in total. The summed E-state index contributed by atoms with van der Waals surface area (Å²) in [4.78, 5) is 14.3. The zero-order valence-electron chi connectivity index (χ0n) is 17.8. The fraction of sp³-hybridized carbons (Fsp3) is 0.737. The van der Waals surface area contributed by atoms with Gasteiger partial charge in [-0.2, -0.15) is 13.2 Å². The van der Waals surface area contributed by atoms with Gasteiger partial charge in [-0.3, -0.25) is 4.99 Å². The quantitative estimate of drug-likeness (QED) is 0.203. The molecule has 2 rings (SSSR count). The maximum absolute atomic E-state index is 12.7. The van der Waals surface area contributed by atoms with Crippen molar-refractivity contribution in [2.75, 3.05) is 44.6 Å². The minimum atomic E-state index is -4.48. The second-order valence-corrected chi connectivity index (χ2v) is 7.56. The third-order valence-corrected chi connectivity index (χ3v) is 4.51. The second kappa shape index (κ2) is 13.1. The Balaban J connectivity index is 0.00000450. The summed E-state index contributed by atoms with van der Waals surface area (Å²) in [6.45, 7) is 11.2. The number of anilines is 1. The van der Waals surface area contributed by atoms with Crippen LogP contribution in [0.2, 0.25) is 0 Å². The molecule has 1 fully saturated rings. The summed E-state index contributed by atoms with van der Waals surface area (Å²) >= 11 is 0. The SMILES string of the molecule is CCNC(=NCCNc1nccc(C(F)(F)F)n1)NC1CCN(CC(C)C)CC1.I. The molecule has 0 radical (unpaired) electrons. The average Bonchev–Trinajstić information content (AvgIpc) is 2.66. The summed E-state index contributed by atoms with van der Waals surface area (Å²) in [6.07, 6.45) is -1.26. The van der Waals surface area contributed by atoms with Gasteiger partial charge in [-0.05, 0) is 31.7 Å². The zero-order chi connectivity index (χ0) is 21.3. The van der Waals surface area contributed by atoms with Crippen molar-refractivity contribution in [1.29, 1.82) is 0 Å². The molecule has 0 spiro atoms. The highest BCUT2D eigenvalue weighted by Gasteiger charge is 2.32. The summed E-state index contributed by atoms with van der Waals surface area (Å²) < 4.78 is 38.1. The van der Waals surface area contributed by atoms with Crippen LogP contribution in [0.15, 0.2) is 17.3 Å². The van der Waals surface area contributed by atoms with Crippen molar-refractivity contribution < 1.29 is 13.2 Å². The van der Waals surface area contributed by atoms with Crippen LogP contribution in [0, 0.1) is 5.92 Å². The van der Waals surface area contributed by atoms with Crippen molar-refractivity contribution >= 4 is 35.9 Å². The number of piperidine rings is 1. The third-order valence-electron chi connectivity index (χ3n) is 4.51. The maximum Gasteiger partial charge on any atom is 0.433 e. The van der Waals surface area contributed by atoms with Crippen molar-refractivity contribution in [1.82, 2.24) is 25.5 Å². The van der Waals surface area contributed by atoms with Gasteiger partial charge >= 0.3 is 6.18 Å². The van der Waals surface area contributed by atoms with E-state index in [0.717, 1.165) is 57.2 Å². The standard InChI is InChI=1S/C19H32F3N7.HI/c1-4-23-17(27-15-6-11-29(12-7-15)13-14(2)3)25-9-10-26-18-24-8-5-16(28-18)19(20,21)22;/h5,8,14-15H,4,6-7,9-13H2,1-3H3,(H2,23,25,27)(H,24,26,28);1H. The molecule has 3 N–H and O–H groups in total. The van der Waals surface area contributed by atoms with Gasteiger partial charge in [-0.15, -0.1) is 24.0 Å². The number of nitrogens with zero attached hydrogens (tertiary/aromatic N) is 4. The van der Waals surface area contributed by atoms with Gasteiger partial charge in [-0.25, -0.2) is 9.97 Å². The largest absolute Gasteiger partial charge is 0.433 e. The van der Waals surface area contributed by atoms with E-state index in [0.29, 0.717) is 25.0 Å². The van der Waals surface area contributed by atoms with Crippen molar-refractivity contribution in [3.05, 3.63) is 18.0 Å². The second-order valence-electron chi connectivity index (χ2n) is 7.56. The van der Waals surface area contributed by atoms with Gasteiger partial charge in [0, 0.05) is 45.0 Å². The maximum atomic E-state index is 12.7. The number of likely N-dealkylation sites (tertiary alicyclic amines) is 1. The van der Waals surface area contributed by atoms with Crippen molar-refractivity contribution in [3.8, 4) is 0 Å². The molecule has 0 saturated carbocycles. The molecule has 0 atom stereocenters. The van der Waals surface area contributed by atoms with Crippen molar-refractivity contribution in [2.24, 2.45) is 10.9 Å².